The molecule has 0 saturated carbocycles. The maximum absolute atomic E-state index is 11.9. The highest BCUT2D eigenvalue weighted by molar-refractivity contribution is 7.99. The molecule has 4 nitrogen and oxygen atoms in total. The van der Waals surface area contributed by atoms with Gasteiger partial charge in [0.2, 0.25) is 5.91 Å². The van der Waals surface area contributed by atoms with Crippen LogP contribution in [0.1, 0.15) is 17.0 Å². The highest BCUT2D eigenvalue weighted by atomic mass is 32.2. The lowest BCUT2D eigenvalue weighted by molar-refractivity contribution is -0.113. The number of hydrogen-bond acceptors (Lipinski definition) is 3. The SMILES string of the molecule is Cc1n[nH]c(C)c1NC(=O)CSCCc1ccccc1. The van der Waals surface area contributed by atoms with Crippen LogP contribution in [0.15, 0.2) is 30.3 Å². The number of rotatable bonds is 6. The standard InChI is InChI=1S/C15H19N3OS/c1-11-15(12(2)18-17-11)16-14(19)10-20-9-8-13-6-4-3-5-7-13/h3-7H,8-10H2,1-2H3,(H,16,19)(H,17,18). The molecular weight excluding hydrogens is 270 g/mol. The van der Waals surface area contributed by atoms with Crippen molar-refractivity contribution < 1.29 is 4.79 Å². The number of H-pyrrole nitrogens is 1. The average molecular weight is 289 g/mol. The third-order valence-electron chi connectivity index (χ3n) is 3.00. The number of thioether (sulfide) groups is 1. The van der Waals surface area contributed by atoms with Crippen LogP contribution in [-0.4, -0.2) is 27.6 Å². The Morgan fingerprint density at radius 1 is 1.30 bits per heavy atom. The van der Waals surface area contributed by atoms with Crippen LogP contribution >= 0.6 is 11.8 Å². The second-order valence-electron chi connectivity index (χ2n) is 4.65. The molecule has 2 aromatic rings. The van der Waals surface area contributed by atoms with Crippen molar-refractivity contribution in [2.24, 2.45) is 0 Å². The summed E-state index contributed by atoms with van der Waals surface area (Å²) >= 11 is 1.65. The zero-order valence-electron chi connectivity index (χ0n) is 11.8. The van der Waals surface area contributed by atoms with E-state index in [1.54, 1.807) is 11.8 Å². The molecule has 0 aliphatic rings. The predicted octanol–water partition coefficient (Wildman–Crippen LogP) is 2.94. The molecule has 2 rings (SSSR count). The van der Waals surface area contributed by atoms with Gasteiger partial charge in [-0.3, -0.25) is 9.89 Å². The summed E-state index contributed by atoms with van der Waals surface area (Å²) in [4.78, 5) is 11.9. The van der Waals surface area contributed by atoms with Gasteiger partial charge in [-0.25, -0.2) is 0 Å². The molecule has 0 aliphatic carbocycles. The van der Waals surface area contributed by atoms with Crippen LogP contribution in [0.25, 0.3) is 0 Å². The number of benzene rings is 1. The van der Waals surface area contributed by atoms with E-state index in [0.717, 1.165) is 29.2 Å². The fraction of sp³-hybridized carbons (Fsp3) is 0.333. The van der Waals surface area contributed by atoms with Crippen LogP contribution in [0, 0.1) is 13.8 Å². The number of carbonyl (C=O) groups is 1. The van der Waals surface area contributed by atoms with Gasteiger partial charge >= 0.3 is 0 Å². The second-order valence-corrected chi connectivity index (χ2v) is 5.75. The van der Waals surface area contributed by atoms with Crippen LogP contribution in [0.3, 0.4) is 0 Å². The Morgan fingerprint density at radius 3 is 2.70 bits per heavy atom. The van der Waals surface area contributed by atoms with Gasteiger partial charge in [0.05, 0.1) is 22.8 Å². The molecule has 5 heteroatoms. The van der Waals surface area contributed by atoms with Crippen LogP contribution in [0.2, 0.25) is 0 Å². The Bertz CT molecular complexity index is 546. The molecule has 0 atom stereocenters. The monoisotopic (exact) mass is 289 g/mol. The van der Waals surface area contributed by atoms with E-state index in [4.69, 9.17) is 0 Å². The number of anilines is 1. The van der Waals surface area contributed by atoms with Gasteiger partial charge in [0.15, 0.2) is 0 Å². The highest BCUT2D eigenvalue weighted by Crippen LogP contribution is 2.16. The summed E-state index contributed by atoms with van der Waals surface area (Å²) in [6, 6.07) is 10.3. The third-order valence-corrected chi connectivity index (χ3v) is 3.96. The summed E-state index contributed by atoms with van der Waals surface area (Å²) in [5.74, 6) is 1.44. The van der Waals surface area contributed by atoms with E-state index in [9.17, 15) is 4.79 Å². The number of hydrogen-bond donors (Lipinski definition) is 2. The Kier molecular flexibility index (Phi) is 5.24. The summed E-state index contributed by atoms with van der Waals surface area (Å²) in [5.41, 5.74) is 3.83. The van der Waals surface area contributed by atoms with E-state index < -0.39 is 0 Å². The Hall–Kier alpha value is -1.75. The van der Waals surface area contributed by atoms with Crippen molar-refractivity contribution in [3.05, 3.63) is 47.3 Å². The van der Waals surface area contributed by atoms with Gasteiger partial charge in [0, 0.05) is 0 Å². The van der Waals surface area contributed by atoms with Crippen LogP contribution in [0.5, 0.6) is 0 Å². The number of carbonyl (C=O) groups excluding carboxylic acids is 1. The predicted molar refractivity (Wildman–Crippen MR) is 84.2 cm³/mol. The van der Waals surface area contributed by atoms with Gasteiger partial charge in [0.1, 0.15) is 0 Å². The first-order chi connectivity index (χ1) is 9.66. The molecule has 1 aromatic heterocycles. The number of amides is 1. The Labute approximate surface area is 123 Å². The molecule has 1 heterocycles. The highest BCUT2D eigenvalue weighted by Gasteiger charge is 2.09. The van der Waals surface area contributed by atoms with Crippen molar-refractivity contribution in [1.82, 2.24) is 10.2 Å². The van der Waals surface area contributed by atoms with E-state index in [-0.39, 0.29) is 5.91 Å². The molecule has 106 valence electrons. The van der Waals surface area contributed by atoms with Gasteiger partial charge in [-0.2, -0.15) is 16.9 Å². The van der Waals surface area contributed by atoms with Crippen molar-refractivity contribution >= 4 is 23.4 Å². The first-order valence-corrected chi connectivity index (χ1v) is 7.75. The zero-order valence-corrected chi connectivity index (χ0v) is 12.6. The number of nitrogens with one attached hydrogen (secondary N) is 2. The zero-order chi connectivity index (χ0) is 14.4. The van der Waals surface area contributed by atoms with Gasteiger partial charge in [-0.1, -0.05) is 30.3 Å². The topological polar surface area (TPSA) is 57.8 Å². The number of aromatic amines is 1. The molecular formula is C15H19N3OS. The van der Waals surface area contributed by atoms with Gasteiger partial charge in [0.25, 0.3) is 0 Å². The molecule has 0 saturated heterocycles. The van der Waals surface area contributed by atoms with E-state index in [1.165, 1.54) is 5.56 Å². The Morgan fingerprint density at radius 2 is 2.05 bits per heavy atom. The van der Waals surface area contributed by atoms with E-state index in [2.05, 4.69) is 27.6 Å². The fourth-order valence-corrected chi connectivity index (χ4v) is 2.69. The third kappa shape index (κ3) is 4.13. The molecule has 20 heavy (non-hydrogen) atoms. The molecule has 2 N–H and O–H groups in total. The summed E-state index contributed by atoms with van der Waals surface area (Å²) in [6.07, 6.45) is 0.989. The van der Waals surface area contributed by atoms with Gasteiger partial charge in [-0.05, 0) is 31.6 Å². The molecule has 0 radical (unpaired) electrons. The molecule has 0 fully saturated rings. The first-order valence-electron chi connectivity index (χ1n) is 6.60. The molecule has 0 bridgehead atoms. The van der Waals surface area contributed by atoms with E-state index >= 15 is 0 Å². The summed E-state index contributed by atoms with van der Waals surface area (Å²) in [6.45, 7) is 3.78. The second kappa shape index (κ2) is 7.14. The number of aryl methyl sites for hydroxylation is 3. The summed E-state index contributed by atoms with van der Waals surface area (Å²) in [5, 5.41) is 9.82. The summed E-state index contributed by atoms with van der Waals surface area (Å²) < 4.78 is 0. The maximum atomic E-state index is 11.9. The smallest absolute Gasteiger partial charge is 0.234 e. The first kappa shape index (κ1) is 14.7. The van der Waals surface area contributed by atoms with E-state index in [1.807, 2.05) is 32.0 Å². The van der Waals surface area contributed by atoms with Crippen molar-refractivity contribution in [3.8, 4) is 0 Å². The lowest BCUT2D eigenvalue weighted by atomic mass is 10.2. The molecule has 0 aliphatic heterocycles. The number of nitrogens with zero attached hydrogens (tertiary/aromatic N) is 1. The molecule has 0 unspecified atom stereocenters. The minimum absolute atomic E-state index is 0.0238. The van der Waals surface area contributed by atoms with Crippen molar-refractivity contribution in [1.29, 1.82) is 0 Å². The van der Waals surface area contributed by atoms with Crippen molar-refractivity contribution in [2.45, 2.75) is 20.3 Å². The minimum atomic E-state index is 0.0238. The van der Waals surface area contributed by atoms with Crippen LogP contribution < -0.4 is 5.32 Å². The van der Waals surface area contributed by atoms with Crippen LogP contribution in [-0.2, 0) is 11.2 Å². The summed E-state index contributed by atoms with van der Waals surface area (Å²) in [7, 11) is 0. The number of aromatic nitrogens is 2. The quantitative estimate of drug-likeness (QED) is 0.804. The van der Waals surface area contributed by atoms with E-state index in [0.29, 0.717) is 5.75 Å². The largest absolute Gasteiger partial charge is 0.322 e. The average Bonchev–Trinajstić information content (AvgIpc) is 2.77. The van der Waals surface area contributed by atoms with Crippen molar-refractivity contribution in [3.63, 3.8) is 0 Å². The normalized spacial score (nSPS) is 10.5. The fourth-order valence-electron chi connectivity index (χ4n) is 1.91. The van der Waals surface area contributed by atoms with Gasteiger partial charge < -0.3 is 5.32 Å². The van der Waals surface area contributed by atoms with Crippen molar-refractivity contribution in [2.75, 3.05) is 16.8 Å². The molecule has 1 aromatic carbocycles. The molecule has 1 amide bonds. The lowest BCUT2D eigenvalue weighted by Gasteiger charge is -2.05. The van der Waals surface area contributed by atoms with Crippen LogP contribution in [0.4, 0.5) is 5.69 Å². The maximum Gasteiger partial charge on any atom is 0.234 e. The minimum Gasteiger partial charge on any atom is -0.322 e. The Balaban J connectivity index is 1.71. The lowest BCUT2D eigenvalue weighted by Crippen LogP contribution is -2.15. The molecule has 0 spiro atoms. The van der Waals surface area contributed by atoms with Gasteiger partial charge in [-0.15, -0.1) is 0 Å².